The van der Waals surface area contributed by atoms with Gasteiger partial charge in [-0.2, -0.15) is 0 Å². The molecule has 0 aromatic heterocycles. The molecule has 4 rings (SSSR count). The Balaban J connectivity index is 1.80. The zero-order valence-electron chi connectivity index (χ0n) is 15.8. The van der Waals surface area contributed by atoms with Gasteiger partial charge < -0.3 is 14.9 Å². The standard InChI is InChI=1S/C21H18N2O7/c1-30-13-8-3-2-7-12(13)16-14-15(17(22-16)21(28)29)19(25)23(18(14)24)11-6-4-5-10(9-11)20(26)27/h2-9,14-17,22H,1H3,(H,26,27)(H,28,29)/t14-,15-,16+,17+/m1/s1. The van der Waals surface area contributed by atoms with Gasteiger partial charge in [0.15, 0.2) is 0 Å². The number of fused-ring (bicyclic) bond motifs is 1. The van der Waals surface area contributed by atoms with Crippen molar-refractivity contribution in [1.82, 2.24) is 5.32 Å². The quantitative estimate of drug-likeness (QED) is 0.628. The number of carbonyl (C=O) groups excluding carboxylic acids is 2. The summed E-state index contributed by atoms with van der Waals surface area (Å²) in [6.45, 7) is 0. The van der Waals surface area contributed by atoms with Crippen molar-refractivity contribution in [3.05, 3.63) is 59.7 Å². The third kappa shape index (κ3) is 2.91. The van der Waals surface area contributed by atoms with E-state index in [1.165, 1.54) is 31.4 Å². The minimum atomic E-state index is -1.27. The molecule has 2 amide bonds. The summed E-state index contributed by atoms with van der Waals surface area (Å²) in [5, 5.41) is 21.8. The largest absolute Gasteiger partial charge is 0.496 e. The number of anilines is 1. The average Bonchev–Trinajstić information content (AvgIpc) is 3.25. The fourth-order valence-corrected chi connectivity index (χ4v) is 4.28. The molecule has 0 spiro atoms. The Morgan fingerprint density at radius 3 is 2.37 bits per heavy atom. The lowest BCUT2D eigenvalue weighted by molar-refractivity contribution is -0.142. The van der Waals surface area contributed by atoms with Gasteiger partial charge in [0.05, 0.1) is 30.2 Å². The fraction of sp³-hybridized carbons (Fsp3) is 0.238. The Bertz CT molecular complexity index is 1070. The topological polar surface area (TPSA) is 133 Å². The number of para-hydroxylation sites is 1. The smallest absolute Gasteiger partial charge is 0.335 e. The van der Waals surface area contributed by atoms with E-state index in [9.17, 15) is 29.4 Å². The van der Waals surface area contributed by atoms with Crippen LogP contribution < -0.4 is 15.0 Å². The van der Waals surface area contributed by atoms with Crippen molar-refractivity contribution in [2.45, 2.75) is 12.1 Å². The molecule has 2 fully saturated rings. The molecule has 2 heterocycles. The number of benzene rings is 2. The molecule has 0 aliphatic carbocycles. The second-order valence-electron chi connectivity index (χ2n) is 7.12. The third-order valence-electron chi connectivity index (χ3n) is 5.57. The normalized spacial score (nSPS) is 25.3. The van der Waals surface area contributed by atoms with Gasteiger partial charge in [-0.3, -0.25) is 19.7 Å². The number of hydrogen-bond donors (Lipinski definition) is 3. The molecule has 2 aromatic rings. The fourth-order valence-electron chi connectivity index (χ4n) is 4.28. The summed E-state index contributed by atoms with van der Waals surface area (Å²) in [6, 6.07) is 10.3. The minimum absolute atomic E-state index is 0.0839. The van der Waals surface area contributed by atoms with Gasteiger partial charge in [-0.15, -0.1) is 0 Å². The number of aliphatic carboxylic acids is 1. The molecular weight excluding hydrogens is 392 g/mol. The second kappa shape index (κ2) is 7.27. The van der Waals surface area contributed by atoms with E-state index < -0.39 is 47.7 Å². The summed E-state index contributed by atoms with van der Waals surface area (Å²) in [5.74, 6) is -5.34. The molecule has 0 saturated carbocycles. The van der Waals surface area contributed by atoms with Crippen LogP contribution in [-0.2, 0) is 14.4 Å². The van der Waals surface area contributed by atoms with Crippen LogP contribution in [0.5, 0.6) is 5.75 Å². The van der Waals surface area contributed by atoms with E-state index in [0.717, 1.165) is 4.90 Å². The Morgan fingerprint density at radius 2 is 1.70 bits per heavy atom. The SMILES string of the molecule is COc1ccccc1[C@@H]1N[C@H](C(=O)O)[C@@H]2C(=O)N(c3cccc(C(=O)O)c3)C(=O)[C@H]21. The number of hydrogen-bond acceptors (Lipinski definition) is 6. The van der Waals surface area contributed by atoms with E-state index in [0.29, 0.717) is 11.3 Å². The van der Waals surface area contributed by atoms with Crippen LogP contribution in [0.3, 0.4) is 0 Å². The Labute approximate surface area is 170 Å². The highest BCUT2D eigenvalue weighted by atomic mass is 16.5. The maximum absolute atomic E-state index is 13.3. The lowest BCUT2D eigenvalue weighted by Crippen LogP contribution is -2.43. The first-order valence-electron chi connectivity index (χ1n) is 9.18. The van der Waals surface area contributed by atoms with Crippen LogP contribution in [0.4, 0.5) is 5.69 Å². The highest BCUT2D eigenvalue weighted by molar-refractivity contribution is 6.24. The summed E-state index contributed by atoms with van der Waals surface area (Å²) in [6.07, 6.45) is 0. The number of nitrogens with zero attached hydrogens (tertiary/aromatic N) is 1. The van der Waals surface area contributed by atoms with Crippen LogP contribution in [-0.4, -0.2) is 47.1 Å². The van der Waals surface area contributed by atoms with Gasteiger partial charge in [0, 0.05) is 11.6 Å². The van der Waals surface area contributed by atoms with E-state index in [1.54, 1.807) is 24.3 Å². The Kier molecular flexibility index (Phi) is 4.75. The molecule has 0 radical (unpaired) electrons. The Morgan fingerprint density at radius 1 is 1.00 bits per heavy atom. The molecule has 2 saturated heterocycles. The average molecular weight is 410 g/mol. The monoisotopic (exact) mass is 410 g/mol. The van der Waals surface area contributed by atoms with Crippen molar-refractivity contribution < 1.29 is 34.1 Å². The van der Waals surface area contributed by atoms with Crippen molar-refractivity contribution in [1.29, 1.82) is 0 Å². The van der Waals surface area contributed by atoms with Crippen LogP contribution >= 0.6 is 0 Å². The number of rotatable bonds is 5. The first-order chi connectivity index (χ1) is 14.3. The first kappa shape index (κ1) is 19.6. The predicted octanol–water partition coefficient (Wildman–Crippen LogP) is 1.30. The van der Waals surface area contributed by atoms with Gasteiger partial charge in [-0.25, -0.2) is 9.69 Å². The van der Waals surface area contributed by atoms with Crippen LogP contribution in [0.15, 0.2) is 48.5 Å². The molecule has 4 atom stereocenters. The van der Waals surface area contributed by atoms with Crippen LogP contribution in [0, 0.1) is 11.8 Å². The van der Waals surface area contributed by atoms with Crippen molar-refractivity contribution >= 4 is 29.4 Å². The van der Waals surface area contributed by atoms with Crippen LogP contribution in [0.1, 0.15) is 22.0 Å². The van der Waals surface area contributed by atoms with Gasteiger partial charge in [-0.05, 0) is 24.3 Å². The molecule has 154 valence electrons. The molecule has 0 unspecified atom stereocenters. The number of methoxy groups -OCH3 is 1. The molecule has 30 heavy (non-hydrogen) atoms. The maximum atomic E-state index is 13.3. The van der Waals surface area contributed by atoms with Crippen molar-refractivity contribution in [2.24, 2.45) is 11.8 Å². The maximum Gasteiger partial charge on any atom is 0.335 e. The lowest BCUT2D eigenvalue weighted by Gasteiger charge is -2.22. The highest BCUT2D eigenvalue weighted by Crippen LogP contribution is 2.47. The predicted molar refractivity (Wildman–Crippen MR) is 103 cm³/mol. The molecule has 9 nitrogen and oxygen atoms in total. The number of amides is 2. The minimum Gasteiger partial charge on any atom is -0.496 e. The number of carboxylic acid groups (broad SMARTS) is 2. The number of carboxylic acids is 2. The highest BCUT2D eigenvalue weighted by Gasteiger charge is 2.61. The summed E-state index contributed by atoms with van der Waals surface area (Å²) in [7, 11) is 1.46. The van der Waals surface area contributed by atoms with Crippen molar-refractivity contribution in [3.8, 4) is 5.75 Å². The number of imide groups is 1. The van der Waals surface area contributed by atoms with Crippen LogP contribution in [0.25, 0.3) is 0 Å². The number of aromatic carboxylic acids is 1. The zero-order chi connectivity index (χ0) is 21.6. The molecule has 2 aromatic carbocycles. The molecule has 9 heteroatoms. The summed E-state index contributed by atoms with van der Waals surface area (Å²) in [5.41, 5.74) is 0.586. The van der Waals surface area contributed by atoms with Gasteiger partial charge >= 0.3 is 11.9 Å². The number of carbonyl (C=O) groups is 4. The van der Waals surface area contributed by atoms with Gasteiger partial charge in [0.25, 0.3) is 0 Å². The van der Waals surface area contributed by atoms with E-state index >= 15 is 0 Å². The molecule has 0 bridgehead atoms. The zero-order valence-corrected chi connectivity index (χ0v) is 15.8. The summed E-state index contributed by atoms with van der Waals surface area (Å²) >= 11 is 0. The first-order valence-corrected chi connectivity index (χ1v) is 9.18. The summed E-state index contributed by atoms with van der Waals surface area (Å²) in [4.78, 5) is 50.5. The number of ether oxygens (including phenoxy) is 1. The van der Waals surface area contributed by atoms with E-state index in [-0.39, 0.29) is 11.3 Å². The van der Waals surface area contributed by atoms with Crippen molar-refractivity contribution in [2.75, 3.05) is 12.0 Å². The van der Waals surface area contributed by atoms with Crippen LogP contribution in [0.2, 0.25) is 0 Å². The van der Waals surface area contributed by atoms with E-state index in [1.807, 2.05) is 0 Å². The molecule has 3 N–H and O–H groups in total. The molecule has 2 aliphatic heterocycles. The lowest BCUT2D eigenvalue weighted by atomic mass is 9.86. The third-order valence-corrected chi connectivity index (χ3v) is 5.57. The molecular formula is C21H18N2O7. The van der Waals surface area contributed by atoms with E-state index in [4.69, 9.17) is 4.74 Å². The van der Waals surface area contributed by atoms with Gasteiger partial charge in [-0.1, -0.05) is 24.3 Å². The summed E-state index contributed by atoms with van der Waals surface area (Å²) < 4.78 is 5.36. The van der Waals surface area contributed by atoms with E-state index in [2.05, 4.69) is 5.32 Å². The number of nitrogens with one attached hydrogen (secondary N) is 1. The molecule has 2 aliphatic rings. The Hall–Kier alpha value is -3.72. The second-order valence-corrected chi connectivity index (χ2v) is 7.12. The van der Waals surface area contributed by atoms with Gasteiger partial charge in [0.1, 0.15) is 11.8 Å². The van der Waals surface area contributed by atoms with Gasteiger partial charge in [0.2, 0.25) is 11.8 Å². The van der Waals surface area contributed by atoms with Crippen molar-refractivity contribution in [3.63, 3.8) is 0 Å².